The maximum atomic E-state index is 12.9. The maximum absolute atomic E-state index is 12.9. The number of carbonyl (C=O) groups excluding carboxylic acids is 1. The van der Waals surface area contributed by atoms with Gasteiger partial charge >= 0.3 is 0 Å². The molecule has 2 N–H and O–H groups in total. The first-order valence-corrected chi connectivity index (χ1v) is 11.1. The van der Waals surface area contributed by atoms with Gasteiger partial charge < -0.3 is 5.32 Å². The van der Waals surface area contributed by atoms with Crippen molar-refractivity contribution in [3.05, 3.63) is 81.7 Å². The summed E-state index contributed by atoms with van der Waals surface area (Å²) in [6.07, 6.45) is 0.760. The second-order valence-electron chi connectivity index (χ2n) is 8.22. The van der Waals surface area contributed by atoms with E-state index in [4.69, 9.17) is 4.99 Å². The molecule has 6 nitrogen and oxygen atoms in total. The lowest BCUT2D eigenvalue weighted by molar-refractivity contribution is 0.0976. The van der Waals surface area contributed by atoms with Crippen molar-refractivity contribution < 1.29 is 4.79 Å². The van der Waals surface area contributed by atoms with Gasteiger partial charge in [0.05, 0.1) is 5.69 Å². The molecule has 1 amide bonds. The Morgan fingerprint density at radius 3 is 2.34 bits per heavy atom. The summed E-state index contributed by atoms with van der Waals surface area (Å²) in [6, 6.07) is 13.8. The van der Waals surface area contributed by atoms with E-state index in [1.807, 2.05) is 54.9 Å². The van der Waals surface area contributed by atoms with Crippen molar-refractivity contribution in [3.8, 4) is 0 Å². The Kier molecular flexibility index (Phi) is 7.46. The molecule has 0 bridgehead atoms. The summed E-state index contributed by atoms with van der Waals surface area (Å²) >= 11 is 0. The number of aromatic nitrogens is 2. The van der Waals surface area contributed by atoms with Gasteiger partial charge in [-0.1, -0.05) is 24.3 Å². The number of amides is 1. The van der Waals surface area contributed by atoms with Gasteiger partial charge in [0.2, 0.25) is 5.96 Å². The summed E-state index contributed by atoms with van der Waals surface area (Å²) in [6.45, 7) is 13.6. The molecule has 3 rings (SSSR count). The zero-order valence-electron chi connectivity index (χ0n) is 19.9. The van der Waals surface area contributed by atoms with Crippen LogP contribution in [0.15, 0.2) is 47.5 Å². The van der Waals surface area contributed by atoms with E-state index in [-0.39, 0.29) is 5.91 Å². The Hall–Kier alpha value is -3.41. The number of nitrogens with zero attached hydrogens (tertiary/aromatic N) is 3. The number of carbonyl (C=O) groups is 1. The van der Waals surface area contributed by atoms with Crippen LogP contribution >= 0.6 is 0 Å². The van der Waals surface area contributed by atoms with Gasteiger partial charge in [-0.3, -0.25) is 19.8 Å². The van der Waals surface area contributed by atoms with Crippen molar-refractivity contribution in [1.82, 2.24) is 15.1 Å². The first-order valence-electron chi connectivity index (χ1n) is 11.1. The molecule has 1 heterocycles. The fraction of sp³-hybridized carbons (Fsp3) is 0.346. The van der Waals surface area contributed by atoms with Crippen molar-refractivity contribution in [2.45, 2.75) is 54.5 Å². The highest BCUT2D eigenvalue weighted by molar-refractivity contribution is 6.10. The fourth-order valence-corrected chi connectivity index (χ4v) is 3.98. The highest BCUT2D eigenvalue weighted by Crippen LogP contribution is 2.16. The molecule has 0 aliphatic carbocycles. The molecular formula is C26H33N5O. The SMILES string of the molecule is CCn1nc(C)c(CCN=C(NC(=O)c2ccccc2C)Nc2cc(C)cc(C)c2)c1C. The quantitative estimate of drug-likeness (QED) is 0.431. The van der Waals surface area contributed by atoms with Gasteiger partial charge in [0, 0.05) is 30.0 Å². The standard InChI is InChI=1S/C26H33N5O/c1-7-31-21(6)24(20(5)30-31)12-13-27-26(28-22-15-17(2)14-18(3)16-22)29-25(32)23-11-9-8-10-19(23)4/h8-11,14-16H,7,12-13H2,1-6H3,(H2,27,28,29,32). The summed E-state index contributed by atoms with van der Waals surface area (Å²) in [5.41, 5.74) is 8.18. The predicted octanol–water partition coefficient (Wildman–Crippen LogP) is 4.89. The first kappa shape index (κ1) is 23.3. The Morgan fingerprint density at radius 2 is 1.72 bits per heavy atom. The van der Waals surface area contributed by atoms with E-state index in [9.17, 15) is 4.79 Å². The summed E-state index contributed by atoms with van der Waals surface area (Å²) in [5, 5.41) is 10.9. The molecule has 2 aromatic carbocycles. The molecule has 1 aromatic heterocycles. The van der Waals surface area contributed by atoms with Crippen molar-refractivity contribution in [1.29, 1.82) is 0 Å². The zero-order valence-corrected chi connectivity index (χ0v) is 19.9. The third kappa shape index (κ3) is 5.63. The van der Waals surface area contributed by atoms with Crippen LogP contribution in [-0.2, 0) is 13.0 Å². The number of guanidine groups is 1. The Morgan fingerprint density at radius 1 is 1.03 bits per heavy atom. The Balaban J connectivity index is 1.83. The second-order valence-corrected chi connectivity index (χ2v) is 8.22. The number of aliphatic imine (C=N–C) groups is 1. The third-order valence-corrected chi connectivity index (χ3v) is 5.57. The molecule has 0 saturated heterocycles. The summed E-state index contributed by atoms with van der Waals surface area (Å²) in [7, 11) is 0. The topological polar surface area (TPSA) is 71.3 Å². The molecule has 3 aromatic rings. The van der Waals surface area contributed by atoms with E-state index in [2.05, 4.69) is 49.5 Å². The number of hydrogen-bond donors (Lipinski definition) is 2. The molecular weight excluding hydrogens is 398 g/mol. The van der Waals surface area contributed by atoms with Crippen LogP contribution in [0, 0.1) is 34.6 Å². The van der Waals surface area contributed by atoms with Gasteiger partial charge in [-0.25, -0.2) is 0 Å². The molecule has 0 unspecified atom stereocenters. The molecule has 32 heavy (non-hydrogen) atoms. The molecule has 0 saturated carbocycles. The lowest BCUT2D eigenvalue weighted by Gasteiger charge is -2.14. The highest BCUT2D eigenvalue weighted by Gasteiger charge is 2.13. The lowest BCUT2D eigenvalue weighted by Crippen LogP contribution is -2.36. The van der Waals surface area contributed by atoms with Crippen molar-refractivity contribution in [2.24, 2.45) is 4.99 Å². The minimum Gasteiger partial charge on any atom is -0.326 e. The molecule has 0 atom stereocenters. The monoisotopic (exact) mass is 431 g/mol. The van der Waals surface area contributed by atoms with Crippen molar-refractivity contribution >= 4 is 17.6 Å². The van der Waals surface area contributed by atoms with Crippen molar-refractivity contribution in [3.63, 3.8) is 0 Å². The number of anilines is 1. The van der Waals surface area contributed by atoms with Gasteiger partial charge in [-0.15, -0.1) is 0 Å². The minimum absolute atomic E-state index is 0.176. The molecule has 0 aliphatic heterocycles. The maximum Gasteiger partial charge on any atom is 0.258 e. The van der Waals surface area contributed by atoms with Crippen LogP contribution in [0.1, 0.15) is 50.9 Å². The van der Waals surface area contributed by atoms with Crippen LogP contribution < -0.4 is 10.6 Å². The van der Waals surface area contributed by atoms with E-state index >= 15 is 0 Å². The Bertz CT molecular complexity index is 1120. The number of hydrogen-bond acceptors (Lipinski definition) is 3. The average Bonchev–Trinajstić information content (AvgIpc) is 3.00. The predicted molar refractivity (Wildman–Crippen MR) is 132 cm³/mol. The number of aryl methyl sites for hydroxylation is 5. The molecule has 6 heteroatoms. The molecule has 168 valence electrons. The van der Waals surface area contributed by atoms with Gasteiger partial charge in [-0.05, 0) is 88.4 Å². The smallest absolute Gasteiger partial charge is 0.258 e. The normalized spacial score (nSPS) is 11.5. The second kappa shape index (κ2) is 10.3. The van der Waals surface area contributed by atoms with Gasteiger partial charge in [0.25, 0.3) is 5.91 Å². The first-order chi connectivity index (χ1) is 15.3. The van der Waals surface area contributed by atoms with E-state index in [0.29, 0.717) is 18.1 Å². The van der Waals surface area contributed by atoms with Crippen LogP contribution in [0.5, 0.6) is 0 Å². The lowest BCUT2D eigenvalue weighted by atomic mass is 10.1. The van der Waals surface area contributed by atoms with Gasteiger partial charge in [0.1, 0.15) is 0 Å². The molecule has 0 spiro atoms. The number of nitrogens with one attached hydrogen (secondary N) is 2. The van der Waals surface area contributed by atoms with Crippen LogP contribution in [0.3, 0.4) is 0 Å². The third-order valence-electron chi connectivity index (χ3n) is 5.57. The zero-order chi connectivity index (χ0) is 23.3. The van der Waals surface area contributed by atoms with E-state index in [0.717, 1.165) is 41.0 Å². The van der Waals surface area contributed by atoms with Crippen LogP contribution in [-0.4, -0.2) is 28.2 Å². The Labute approximate surface area is 190 Å². The van der Waals surface area contributed by atoms with Crippen molar-refractivity contribution in [2.75, 3.05) is 11.9 Å². The molecule has 0 fully saturated rings. The van der Waals surface area contributed by atoms with Crippen LogP contribution in [0.25, 0.3) is 0 Å². The molecule has 0 radical (unpaired) electrons. The van der Waals surface area contributed by atoms with Crippen LogP contribution in [0.2, 0.25) is 0 Å². The van der Waals surface area contributed by atoms with E-state index in [1.165, 1.54) is 11.3 Å². The largest absolute Gasteiger partial charge is 0.326 e. The average molecular weight is 432 g/mol. The van der Waals surface area contributed by atoms with Gasteiger partial charge in [-0.2, -0.15) is 5.10 Å². The summed E-state index contributed by atoms with van der Waals surface area (Å²) in [4.78, 5) is 17.7. The van der Waals surface area contributed by atoms with E-state index in [1.54, 1.807) is 0 Å². The van der Waals surface area contributed by atoms with Crippen LogP contribution in [0.4, 0.5) is 5.69 Å². The number of rotatable bonds is 6. The number of benzene rings is 2. The fourth-order valence-electron chi connectivity index (χ4n) is 3.98. The highest BCUT2D eigenvalue weighted by atomic mass is 16.1. The minimum atomic E-state index is -0.176. The van der Waals surface area contributed by atoms with Gasteiger partial charge in [0.15, 0.2) is 0 Å². The summed E-state index contributed by atoms with van der Waals surface area (Å²) < 4.78 is 2.02. The molecule has 0 aliphatic rings. The van der Waals surface area contributed by atoms with E-state index < -0.39 is 0 Å². The summed E-state index contributed by atoms with van der Waals surface area (Å²) in [5.74, 6) is 0.270.